The van der Waals surface area contributed by atoms with E-state index in [9.17, 15) is 18.7 Å². The van der Waals surface area contributed by atoms with Gasteiger partial charge in [0, 0.05) is 30.8 Å². The van der Waals surface area contributed by atoms with Gasteiger partial charge in [0.2, 0.25) is 0 Å². The lowest BCUT2D eigenvalue weighted by Crippen LogP contribution is -2.26. The highest BCUT2D eigenvalue weighted by Crippen LogP contribution is 2.37. The number of halogens is 2. The Labute approximate surface area is 188 Å². The van der Waals surface area contributed by atoms with Gasteiger partial charge in [-0.3, -0.25) is 9.20 Å². The van der Waals surface area contributed by atoms with Gasteiger partial charge in [-0.25, -0.2) is 4.98 Å². The Kier molecular flexibility index (Phi) is 5.41. The Hall–Kier alpha value is -3.24. The number of methoxy groups -OCH3 is 1. The zero-order valence-corrected chi connectivity index (χ0v) is 17.9. The number of alkyl halides is 2. The van der Waals surface area contributed by atoms with E-state index in [1.54, 1.807) is 35.0 Å². The summed E-state index contributed by atoms with van der Waals surface area (Å²) in [6, 6.07) is 6.55. The van der Waals surface area contributed by atoms with Crippen molar-refractivity contribution in [3.63, 3.8) is 0 Å². The van der Waals surface area contributed by atoms with Gasteiger partial charge in [0.1, 0.15) is 28.3 Å². The van der Waals surface area contributed by atoms with Crippen LogP contribution in [-0.4, -0.2) is 53.4 Å². The van der Waals surface area contributed by atoms with Crippen molar-refractivity contribution < 1.29 is 32.9 Å². The molecule has 1 aliphatic carbocycles. The molecule has 1 atom stereocenters. The van der Waals surface area contributed by atoms with Gasteiger partial charge in [-0.1, -0.05) is 0 Å². The number of rotatable bonds is 7. The molecule has 1 amide bonds. The summed E-state index contributed by atoms with van der Waals surface area (Å²) in [7, 11) is 1.37. The van der Waals surface area contributed by atoms with Crippen molar-refractivity contribution in [2.75, 3.05) is 20.3 Å². The molecule has 2 aromatic heterocycles. The smallest absolute Gasteiger partial charge is 0.387 e. The molecule has 1 aliphatic heterocycles. The minimum absolute atomic E-state index is 0.0364. The molecule has 174 valence electrons. The number of amides is 1. The van der Waals surface area contributed by atoms with Gasteiger partial charge in [0.15, 0.2) is 0 Å². The number of aromatic nitrogens is 2. The fourth-order valence-corrected chi connectivity index (χ4v) is 4.06. The summed E-state index contributed by atoms with van der Waals surface area (Å²) in [6.07, 6.45) is 5.52. The van der Waals surface area contributed by atoms with Gasteiger partial charge < -0.3 is 24.6 Å². The van der Waals surface area contributed by atoms with Gasteiger partial charge in [-0.2, -0.15) is 8.78 Å². The summed E-state index contributed by atoms with van der Waals surface area (Å²) >= 11 is 0. The first kappa shape index (κ1) is 21.6. The first-order valence-electron chi connectivity index (χ1n) is 10.6. The van der Waals surface area contributed by atoms with Crippen LogP contribution in [0.3, 0.4) is 0 Å². The molecule has 1 saturated heterocycles. The van der Waals surface area contributed by atoms with E-state index < -0.39 is 18.1 Å². The number of pyridine rings is 1. The number of nitrogens with one attached hydrogen (secondary N) is 1. The highest BCUT2D eigenvalue weighted by atomic mass is 19.3. The highest BCUT2D eigenvalue weighted by Gasteiger charge is 2.34. The topological polar surface area (TPSA) is 94.3 Å². The predicted molar refractivity (Wildman–Crippen MR) is 114 cm³/mol. The van der Waals surface area contributed by atoms with Crippen molar-refractivity contribution >= 4 is 11.6 Å². The van der Waals surface area contributed by atoms with Crippen molar-refractivity contribution in [1.29, 1.82) is 0 Å². The van der Waals surface area contributed by atoms with E-state index in [1.807, 2.05) is 0 Å². The summed E-state index contributed by atoms with van der Waals surface area (Å²) in [4.78, 5) is 17.1. The van der Waals surface area contributed by atoms with Crippen LogP contribution in [0.5, 0.6) is 11.5 Å². The van der Waals surface area contributed by atoms with Crippen LogP contribution >= 0.6 is 0 Å². The largest absolute Gasteiger partial charge is 0.496 e. The van der Waals surface area contributed by atoms with E-state index >= 15 is 0 Å². The molecule has 1 aromatic carbocycles. The minimum Gasteiger partial charge on any atom is -0.496 e. The first-order valence-corrected chi connectivity index (χ1v) is 10.6. The standard InChI is InChI=1S/C23H23F2N3O5/c1-31-17-8-13(9-18(33-22(24)25)20(17)21(29)27-15-2-3-15)16-11-26-19-10-14(4-6-28(16)19)23(30)5-7-32-12-23/h4,6,8-11,15,22,30H,2-3,5,7,12H2,1H3,(H,27,29). The average molecular weight is 459 g/mol. The maximum absolute atomic E-state index is 13.2. The van der Waals surface area contributed by atoms with Crippen LogP contribution in [0.1, 0.15) is 35.2 Å². The summed E-state index contributed by atoms with van der Waals surface area (Å²) in [5.41, 5.74) is 1.18. The fourth-order valence-electron chi connectivity index (χ4n) is 4.06. The van der Waals surface area contributed by atoms with Gasteiger partial charge in [0.05, 0.1) is 25.6 Å². The maximum Gasteiger partial charge on any atom is 0.387 e. The molecule has 1 saturated carbocycles. The molecule has 2 N–H and O–H groups in total. The fraction of sp³-hybridized carbons (Fsp3) is 0.391. The summed E-state index contributed by atoms with van der Waals surface area (Å²) in [5.74, 6) is -0.682. The quantitative estimate of drug-likeness (QED) is 0.564. The second-order valence-corrected chi connectivity index (χ2v) is 8.30. The lowest BCUT2D eigenvalue weighted by molar-refractivity contribution is -0.0502. The number of nitrogens with zero attached hydrogens (tertiary/aromatic N) is 2. The van der Waals surface area contributed by atoms with E-state index in [1.165, 1.54) is 13.2 Å². The molecule has 0 radical (unpaired) electrons. The van der Waals surface area contributed by atoms with Crippen molar-refractivity contribution in [1.82, 2.24) is 14.7 Å². The van der Waals surface area contributed by atoms with Crippen molar-refractivity contribution in [2.24, 2.45) is 0 Å². The zero-order chi connectivity index (χ0) is 23.2. The van der Waals surface area contributed by atoms with Gasteiger partial charge in [0.25, 0.3) is 5.91 Å². The number of aliphatic hydroxyl groups is 1. The van der Waals surface area contributed by atoms with E-state index in [4.69, 9.17) is 14.2 Å². The number of carbonyl (C=O) groups excluding carboxylic acids is 1. The van der Waals surface area contributed by atoms with Crippen molar-refractivity contribution in [3.8, 4) is 22.8 Å². The van der Waals surface area contributed by atoms with Gasteiger partial charge in [-0.05, 0) is 42.7 Å². The molecule has 1 unspecified atom stereocenters. The Morgan fingerprint density at radius 3 is 2.79 bits per heavy atom. The van der Waals surface area contributed by atoms with Crippen molar-refractivity contribution in [3.05, 3.63) is 47.8 Å². The number of carbonyl (C=O) groups is 1. The van der Waals surface area contributed by atoms with Crippen LogP contribution in [0.4, 0.5) is 8.78 Å². The SMILES string of the molecule is COc1cc(-c2cnc3cc(C4(O)CCOC4)ccn23)cc(OC(F)F)c1C(=O)NC1CC1. The molecule has 3 aromatic rings. The number of imidazole rings is 1. The molecular formula is C23H23F2N3O5. The van der Waals surface area contributed by atoms with Crippen LogP contribution in [-0.2, 0) is 10.3 Å². The normalized spacial score (nSPS) is 20.4. The van der Waals surface area contributed by atoms with Gasteiger partial charge in [-0.15, -0.1) is 0 Å². The number of fused-ring (bicyclic) bond motifs is 1. The molecule has 8 nitrogen and oxygen atoms in total. The Bertz CT molecular complexity index is 1200. The van der Waals surface area contributed by atoms with Crippen LogP contribution in [0.2, 0.25) is 0 Å². The summed E-state index contributed by atoms with van der Waals surface area (Å²) in [6.45, 7) is -2.42. The number of hydrogen-bond donors (Lipinski definition) is 2. The van der Waals surface area contributed by atoms with Crippen LogP contribution in [0.25, 0.3) is 16.9 Å². The monoisotopic (exact) mass is 459 g/mol. The number of ether oxygens (including phenoxy) is 3. The van der Waals surface area contributed by atoms with E-state index in [2.05, 4.69) is 10.3 Å². The number of hydrogen-bond acceptors (Lipinski definition) is 6. The predicted octanol–water partition coefficient (Wildman–Crippen LogP) is 3.11. The summed E-state index contributed by atoms with van der Waals surface area (Å²) in [5, 5.41) is 13.6. The molecular weight excluding hydrogens is 436 g/mol. The maximum atomic E-state index is 13.2. The van der Waals surface area contributed by atoms with E-state index in [0.717, 1.165) is 12.8 Å². The lowest BCUT2D eigenvalue weighted by atomic mass is 9.94. The molecule has 2 aliphatic rings. The summed E-state index contributed by atoms with van der Waals surface area (Å²) < 4.78 is 43.5. The van der Waals surface area contributed by atoms with Crippen LogP contribution in [0.15, 0.2) is 36.7 Å². The second kappa shape index (κ2) is 8.27. The van der Waals surface area contributed by atoms with Crippen LogP contribution in [0, 0.1) is 0 Å². The lowest BCUT2D eigenvalue weighted by Gasteiger charge is -2.21. The molecule has 5 rings (SSSR count). The third-order valence-electron chi connectivity index (χ3n) is 5.99. The molecule has 0 spiro atoms. The molecule has 2 fully saturated rings. The minimum atomic E-state index is -3.11. The van der Waals surface area contributed by atoms with E-state index in [-0.39, 0.29) is 29.7 Å². The first-order chi connectivity index (χ1) is 15.9. The molecule has 0 bridgehead atoms. The van der Waals surface area contributed by atoms with Crippen LogP contribution < -0.4 is 14.8 Å². The van der Waals surface area contributed by atoms with Crippen molar-refractivity contribution in [2.45, 2.75) is 37.5 Å². The average Bonchev–Trinajstić information content (AvgIpc) is 3.31. The Balaban J connectivity index is 1.57. The van der Waals surface area contributed by atoms with Gasteiger partial charge >= 0.3 is 6.61 Å². The Morgan fingerprint density at radius 2 is 2.12 bits per heavy atom. The molecule has 3 heterocycles. The molecule has 33 heavy (non-hydrogen) atoms. The Morgan fingerprint density at radius 1 is 1.33 bits per heavy atom. The third kappa shape index (κ3) is 4.11. The zero-order valence-electron chi connectivity index (χ0n) is 17.9. The highest BCUT2D eigenvalue weighted by molar-refractivity contribution is 6.01. The molecule has 10 heteroatoms. The van der Waals surface area contributed by atoms with E-state index in [0.29, 0.717) is 35.5 Å². The third-order valence-corrected chi connectivity index (χ3v) is 5.99. The number of benzene rings is 1. The second-order valence-electron chi connectivity index (χ2n) is 8.30.